The van der Waals surface area contributed by atoms with E-state index in [4.69, 9.17) is 9.84 Å². The van der Waals surface area contributed by atoms with Crippen molar-refractivity contribution in [1.82, 2.24) is 4.31 Å². The first kappa shape index (κ1) is 14.5. The summed E-state index contributed by atoms with van der Waals surface area (Å²) in [5, 5.41) is 8.51. The molecular weight excluding hydrogens is 258 g/mol. The van der Waals surface area contributed by atoms with Crippen LogP contribution in [0.3, 0.4) is 0 Å². The molecule has 1 aromatic rings. The Morgan fingerprint density at radius 3 is 2.33 bits per heavy atom. The van der Waals surface area contributed by atoms with Crippen LogP contribution in [0, 0.1) is 0 Å². The summed E-state index contributed by atoms with van der Waals surface area (Å²) >= 11 is 0. The van der Waals surface area contributed by atoms with Crippen LogP contribution in [-0.4, -0.2) is 43.7 Å². The van der Waals surface area contributed by atoms with E-state index in [0.29, 0.717) is 5.75 Å². The van der Waals surface area contributed by atoms with E-state index in [1.54, 1.807) is 31.4 Å². The summed E-state index contributed by atoms with van der Waals surface area (Å²) < 4.78 is 29.2. The molecule has 0 saturated carbocycles. The molecule has 0 bridgehead atoms. The minimum atomic E-state index is -3.77. The highest BCUT2D eigenvalue weighted by Gasteiger charge is 2.21. The van der Waals surface area contributed by atoms with Crippen LogP contribution in [0.5, 0.6) is 5.75 Å². The van der Waals surface area contributed by atoms with Crippen LogP contribution in [0.2, 0.25) is 0 Å². The fraction of sp³-hybridized carbons (Fsp3) is 0.364. The number of nitrogens with zero attached hydrogens (tertiary/aromatic N) is 1. The molecule has 1 aromatic carbocycles. The van der Waals surface area contributed by atoms with Crippen LogP contribution in [0.4, 0.5) is 0 Å². The number of rotatable bonds is 6. The topological polar surface area (TPSA) is 83.9 Å². The van der Waals surface area contributed by atoms with Crippen molar-refractivity contribution in [2.75, 3.05) is 19.9 Å². The molecule has 100 valence electrons. The molecule has 1 N–H and O–H groups in total. The molecule has 0 aliphatic heterocycles. The zero-order valence-electron chi connectivity index (χ0n) is 10.2. The van der Waals surface area contributed by atoms with E-state index < -0.39 is 21.7 Å². The van der Waals surface area contributed by atoms with Gasteiger partial charge in [-0.05, 0) is 17.7 Å². The fourth-order valence-electron chi connectivity index (χ4n) is 1.35. The average molecular weight is 273 g/mol. The maximum atomic E-state index is 11.6. The number of aliphatic carboxylic acids is 1. The van der Waals surface area contributed by atoms with Crippen LogP contribution in [0.1, 0.15) is 5.56 Å². The van der Waals surface area contributed by atoms with Gasteiger partial charge in [0.15, 0.2) is 5.75 Å². The fourth-order valence-corrected chi connectivity index (χ4v) is 2.23. The Hall–Kier alpha value is -1.60. The van der Waals surface area contributed by atoms with E-state index >= 15 is 0 Å². The molecule has 0 saturated heterocycles. The Balaban J connectivity index is 2.74. The lowest BCUT2D eigenvalue weighted by atomic mass is 10.2. The summed E-state index contributed by atoms with van der Waals surface area (Å²) in [7, 11) is -0.881. The van der Waals surface area contributed by atoms with E-state index in [-0.39, 0.29) is 6.54 Å². The van der Waals surface area contributed by atoms with Gasteiger partial charge in [-0.2, -0.15) is 0 Å². The van der Waals surface area contributed by atoms with E-state index in [0.717, 1.165) is 9.87 Å². The summed E-state index contributed by atoms with van der Waals surface area (Å²) in [5.74, 6) is -1.59. The molecule has 0 unspecified atom stereocenters. The lowest BCUT2D eigenvalue weighted by Gasteiger charge is -2.16. The van der Waals surface area contributed by atoms with Crippen molar-refractivity contribution in [3.05, 3.63) is 29.8 Å². The Bertz CT molecular complexity index is 509. The molecule has 7 heteroatoms. The lowest BCUT2D eigenvalue weighted by Crippen LogP contribution is -2.31. The second-order valence-corrected chi connectivity index (χ2v) is 5.83. The third kappa shape index (κ3) is 4.01. The van der Waals surface area contributed by atoms with Crippen LogP contribution in [0.25, 0.3) is 0 Å². The highest BCUT2D eigenvalue weighted by molar-refractivity contribution is 7.89. The van der Waals surface area contributed by atoms with Gasteiger partial charge >= 0.3 is 5.97 Å². The third-order valence-electron chi connectivity index (χ3n) is 2.35. The number of hydrogen-bond donors (Lipinski definition) is 1. The molecule has 0 fully saturated rings. The minimum Gasteiger partial charge on any atom is -0.497 e. The zero-order valence-corrected chi connectivity index (χ0v) is 11.0. The summed E-state index contributed by atoms with van der Waals surface area (Å²) in [5.41, 5.74) is 0.757. The smallest absolute Gasteiger partial charge is 0.320 e. The van der Waals surface area contributed by atoms with Crippen molar-refractivity contribution < 1.29 is 23.1 Å². The number of sulfonamides is 1. The number of carboxylic acids is 1. The van der Waals surface area contributed by atoms with Crippen molar-refractivity contribution in [2.24, 2.45) is 0 Å². The largest absolute Gasteiger partial charge is 0.497 e. The van der Waals surface area contributed by atoms with Crippen molar-refractivity contribution in [2.45, 2.75) is 6.54 Å². The Labute approximate surface area is 106 Å². The maximum absolute atomic E-state index is 11.6. The SMILES string of the molecule is COc1ccc(CN(C)S(=O)(=O)CC(=O)O)cc1. The number of carbonyl (C=O) groups is 1. The molecule has 0 spiro atoms. The summed E-state index contributed by atoms with van der Waals surface area (Å²) in [6.07, 6.45) is 0. The maximum Gasteiger partial charge on any atom is 0.320 e. The lowest BCUT2D eigenvalue weighted by molar-refractivity contribution is -0.134. The molecule has 0 aliphatic rings. The Kier molecular flexibility index (Phi) is 4.69. The predicted molar refractivity (Wildman–Crippen MR) is 65.9 cm³/mol. The number of carboxylic acid groups (broad SMARTS) is 1. The van der Waals surface area contributed by atoms with Gasteiger partial charge in [-0.25, -0.2) is 12.7 Å². The zero-order chi connectivity index (χ0) is 13.8. The van der Waals surface area contributed by atoms with E-state index in [1.165, 1.54) is 7.05 Å². The van der Waals surface area contributed by atoms with Gasteiger partial charge in [0.25, 0.3) is 0 Å². The molecule has 0 heterocycles. The Morgan fingerprint density at radius 2 is 1.89 bits per heavy atom. The van der Waals surface area contributed by atoms with Crippen LogP contribution >= 0.6 is 0 Å². The van der Waals surface area contributed by atoms with Crippen molar-refractivity contribution >= 4 is 16.0 Å². The summed E-state index contributed by atoms with van der Waals surface area (Å²) in [6, 6.07) is 6.89. The first-order valence-corrected chi connectivity index (χ1v) is 6.75. The number of ether oxygens (including phenoxy) is 1. The Morgan fingerprint density at radius 1 is 1.33 bits per heavy atom. The van der Waals surface area contributed by atoms with Crippen molar-refractivity contribution in [1.29, 1.82) is 0 Å². The molecule has 0 radical (unpaired) electrons. The molecule has 6 nitrogen and oxygen atoms in total. The number of methoxy groups -OCH3 is 1. The van der Waals surface area contributed by atoms with Gasteiger partial charge in [-0.15, -0.1) is 0 Å². The standard InChI is InChI=1S/C11H15NO5S/c1-12(18(15,16)8-11(13)14)7-9-3-5-10(17-2)6-4-9/h3-6H,7-8H2,1-2H3,(H,13,14). The third-order valence-corrected chi connectivity index (χ3v) is 4.04. The first-order chi connectivity index (χ1) is 8.35. The monoisotopic (exact) mass is 273 g/mol. The molecule has 0 aliphatic carbocycles. The van der Waals surface area contributed by atoms with Gasteiger partial charge in [-0.1, -0.05) is 12.1 Å². The highest BCUT2D eigenvalue weighted by atomic mass is 32.2. The molecule has 0 aromatic heterocycles. The van der Waals surface area contributed by atoms with Gasteiger partial charge in [0.2, 0.25) is 10.0 Å². The quantitative estimate of drug-likeness (QED) is 0.818. The van der Waals surface area contributed by atoms with E-state index in [1.807, 2.05) is 0 Å². The van der Waals surface area contributed by atoms with Crippen molar-refractivity contribution in [3.8, 4) is 5.75 Å². The van der Waals surface area contributed by atoms with E-state index in [2.05, 4.69) is 0 Å². The average Bonchev–Trinajstić information content (AvgIpc) is 2.28. The van der Waals surface area contributed by atoms with Crippen LogP contribution in [0.15, 0.2) is 24.3 Å². The van der Waals surface area contributed by atoms with Gasteiger partial charge < -0.3 is 9.84 Å². The number of hydrogen-bond acceptors (Lipinski definition) is 4. The van der Waals surface area contributed by atoms with E-state index in [9.17, 15) is 13.2 Å². The summed E-state index contributed by atoms with van der Waals surface area (Å²) in [6.45, 7) is 0.125. The molecule has 0 atom stereocenters. The van der Waals surface area contributed by atoms with Crippen molar-refractivity contribution in [3.63, 3.8) is 0 Å². The first-order valence-electron chi connectivity index (χ1n) is 5.14. The predicted octanol–water partition coefficient (Wildman–Crippen LogP) is 0.541. The molecule has 18 heavy (non-hydrogen) atoms. The van der Waals surface area contributed by atoms with Gasteiger partial charge in [0.1, 0.15) is 5.75 Å². The van der Waals surface area contributed by atoms with Gasteiger partial charge in [-0.3, -0.25) is 4.79 Å². The summed E-state index contributed by atoms with van der Waals surface area (Å²) in [4.78, 5) is 10.4. The number of benzene rings is 1. The van der Waals surface area contributed by atoms with Gasteiger partial charge in [0.05, 0.1) is 7.11 Å². The van der Waals surface area contributed by atoms with Crippen LogP contribution in [-0.2, 0) is 21.4 Å². The van der Waals surface area contributed by atoms with Crippen LogP contribution < -0.4 is 4.74 Å². The second kappa shape index (κ2) is 5.83. The highest BCUT2D eigenvalue weighted by Crippen LogP contribution is 2.13. The molecular formula is C11H15NO5S. The molecule has 1 rings (SSSR count). The second-order valence-electron chi connectivity index (χ2n) is 3.75. The normalized spacial score (nSPS) is 11.5. The minimum absolute atomic E-state index is 0.125. The molecule has 0 amide bonds. The van der Waals surface area contributed by atoms with Gasteiger partial charge in [0, 0.05) is 13.6 Å².